The zero-order chi connectivity index (χ0) is 13.1. The first-order valence-corrected chi connectivity index (χ1v) is 7.45. The van der Waals surface area contributed by atoms with Crippen molar-refractivity contribution >= 4 is 9.84 Å². The molecule has 0 radical (unpaired) electrons. The van der Waals surface area contributed by atoms with Crippen LogP contribution in [0.4, 0.5) is 0 Å². The van der Waals surface area contributed by atoms with Gasteiger partial charge in [0.25, 0.3) is 0 Å². The molecule has 96 valence electrons. The van der Waals surface area contributed by atoms with E-state index in [1.54, 1.807) is 13.0 Å². The van der Waals surface area contributed by atoms with E-state index in [0.29, 0.717) is 11.3 Å². The van der Waals surface area contributed by atoms with Crippen LogP contribution in [0.25, 0.3) is 0 Å². The third kappa shape index (κ3) is 4.75. The van der Waals surface area contributed by atoms with Crippen molar-refractivity contribution in [3.05, 3.63) is 29.3 Å². The van der Waals surface area contributed by atoms with Crippen molar-refractivity contribution in [3.63, 3.8) is 0 Å². The van der Waals surface area contributed by atoms with Crippen LogP contribution < -0.4 is 4.74 Å². The Morgan fingerprint density at radius 2 is 2.06 bits per heavy atom. The van der Waals surface area contributed by atoms with Crippen LogP contribution in [0.5, 0.6) is 5.75 Å². The molecule has 0 aliphatic heterocycles. The predicted octanol–water partition coefficient (Wildman–Crippen LogP) is 1.47. The summed E-state index contributed by atoms with van der Waals surface area (Å²) < 4.78 is 27.3. The Labute approximate surface area is 102 Å². The van der Waals surface area contributed by atoms with Gasteiger partial charge in [-0.05, 0) is 26.0 Å². The molecular formula is C12H18O4S. The summed E-state index contributed by atoms with van der Waals surface area (Å²) in [4.78, 5) is 0. The highest BCUT2D eigenvalue weighted by Gasteiger charge is 2.10. The van der Waals surface area contributed by atoms with Crippen LogP contribution in [0.1, 0.15) is 24.2 Å². The molecule has 0 bridgehead atoms. The molecule has 1 atom stereocenters. The third-order valence-corrected chi connectivity index (χ3v) is 3.24. The van der Waals surface area contributed by atoms with Gasteiger partial charge in [-0.15, -0.1) is 0 Å². The monoisotopic (exact) mass is 258 g/mol. The van der Waals surface area contributed by atoms with E-state index in [1.165, 1.54) is 6.26 Å². The Kier molecular flexibility index (Phi) is 4.54. The Balaban J connectivity index is 2.77. The summed E-state index contributed by atoms with van der Waals surface area (Å²) in [6.07, 6.45) is 0.532. The molecule has 4 nitrogen and oxygen atoms in total. The highest BCUT2D eigenvalue weighted by Crippen LogP contribution is 2.26. The lowest BCUT2D eigenvalue weighted by atomic mass is 10.1. The van der Waals surface area contributed by atoms with Gasteiger partial charge in [0.15, 0.2) is 9.84 Å². The summed E-state index contributed by atoms with van der Waals surface area (Å²) >= 11 is 0. The fourth-order valence-corrected chi connectivity index (χ4v) is 1.81. The van der Waals surface area contributed by atoms with Gasteiger partial charge in [-0.1, -0.05) is 11.6 Å². The van der Waals surface area contributed by atoms with Crippen molar-refractivity contribution in [3.8, 4) is 5.75 Å². The Morgan fingerprint density at radius 1 is 1.41 bits per heavy atom. The summed E-state index contributed by atoms with van der Waals surface area (Å²) in [6.45, 7) is 3.67. The van der Waals surface area contributed by atoms with Crippen LogP contribution in [0.15, 0.2) is 18.2 Å². The zero-order valence-electron chi connectivity index (χ0n) is 10.3. The summed E-state index contributed by atoms with van der Waals surface area (Å²) in [5, 5.41) is 9.59. The summed E-state index contributed by atoms with van der Waals surface area (Å²) in [5.74, 6) is 0.509. The van der Waals surface area contributed by atoms with Crippen LogP contribution >= 0.6 is 0 Å². The van der Waals surface area contributed by atoms with Crippen molar-refractivity contribution in [2.45, 2.75) is 20.0 Å². The van der Waals surface area contributed by atoms with Gasteiger partial charge in [0.2, 0.25) is 0 Å². The molecule has 1 aromatic rings. The molecule has 5 heteroatoms. The SMILES string of the molecule is Cc1ccc(OCCS(C)(=O)=O)c([C@H](C)O)c1. The van der Waals surface area contributed by atoms with E-state index in [0.717, 1.165) is 5.56 Å². The number of aliphatic hydroxyl groups is 1. The average Bonchev–Trinajstić information content (AvgIpc) is 2.18. The van der Waals surface area contributed by atoms with E-state index in [2.05, 4.69) is 0 Å². The molecule has 0 aliphatic rings. The van der Waals surface area contributed by atoms with Crippen molar-refractivity contribution in [1.82, 2.24) is 0 Å². The van der Waals surface area contributed by atoms with E-state index in [1.807, 2.05) is 19.1 Å². The van der Waals surface area contributed by atoms with Crippen LogP contribution in [0.3, 0.4) is 0 Å². The highest BCUT2D eigenvalue weighted by molar-refractivity contribution is 7.90. The fraction of sp³-hybridized carbons (Fsp3) is 0.500. The second-order valence-electron chi connectivity index (χ2n) is 4.20. The van der Waals surface area contributed by atoms with Gasteiger partial charge >= 0.3 is 0 Å². The van der Waals surface area contributed by atoms with Crippen molar-refractivity contribution in [2.75, 3.05) is 18.6 Å². The molecule has 1 N–H and O–H groups in total. The van der Waals surface area contributed by atoms with Gasteiger partial charge < -0.3 is 9.84 Å². The molecule has 1 aromatic carbocycles. The minimum Gasteiger partial charge on any atom is -0.492 e. The third-order valence-electron chi connectivity index (χ3n) is 2.33. The van der Waals surface area contributed by atoms with Gasteiger partial charge in [0.1, 0.15) is 12.4 Å². The molecule has 17 heavy (non-hydrogen) atoms. The number of benzene rings is 1. The lowest BCUT2D eigenvalue weighted by molar-refractivity contribution is 0.192. The molecule has 1 rings (SSSR count). The van der Waals surface area contributed by atoms with E-state index >= 15 is 0 Å². The summed E-state index contributed by atoms with van der Waals surface area (Å²) in [6, 6.07) is 5.45. The van der Waals surface area contributed by atoms with Gasteiger partial charge in [0.05, 0.1) is 11.9 Å². The van der Waals surface area contributed by atoms with E-state index in [9.17, 15) is 13.5 Å². The quantitative estimate of drug-likeness (QED) is 0.868. The fourth-order valence-electron chi connectivity index (χ4n) is 1.43. The molecule has 0 spiro atoms. The van der Waals surface area contributed by atoms with Gasteiger partial charge in [-0.2, -0.15) is 0 Å². The normalized spacial score (nSPS) is 13.4. The van der Waals surface area contributed by atoms with Crippen LogP contribution in [-0.4, -0.2) is 32.1 Å². The topological polar surface area (TPSA) is 63.6 Å². The molecule has 0 aromatic heterocycles. The maximum atomic E-state index is 11.0. The van der Waals surface area contributed by atoms with Crippen molar-refractivity contribution < 1.29 is 18.3 Å². The first-order valence-electron chi connectivity index (χ1n) is 5.39. The Bertz CT molecular complexity index is 477. The van der Waals surface area contributed by atoms with Gasteiger partial charge in [-0.25, -0.2) is 8.42 Å². The largest absolute Gasteiger partial charge is 0.492 e. The standard InChI is InChI=1S/C12H18O4S/c1-9-4-5-12(11(8-9)10(2)13)16-6-7-17(3,14)15/h4-5,8,10,13H,6-7H2,1-3H3/t10-/m0/s1. The lowest BCUT2D eigenvalue weighted by Crippen LogP contribution is -2.13. The molecule has 0 unspecified atom stereocenters. The van der Waals surface area contributed by atoms with Gasteiger partial charge in [-0.3, -0.25) is 0 Å². The van der Waals surface area contributed by atoms with Crippen LogP contribution in [-0.2, 0) is 9.84 Å². The van der Waals surface area contributed by atoms with Gasteiger partial charge in [0, 0.05) is 11.8 Å². The molecule has 0 saturated heterocycles. The summed E-state index contributed by atoms with van der Waals surface area (Å²) in [5.41, 5.74) is 1.70. The van der Waals surface area contributed by atoms with Crippen LogP contribution in [0.2, 0.25) is 0 Å². The molecular weight excluding hydrogens is 240 g/mol. The maximum absolute atomic E-state index is 11.0. The van der Waals surface area contributed by atoms with Crippen molar-refractivity contribution in [1.29, 1.82) is 0 Å². The number of rotatable bonds is 5. The number of aryl methyl sites for hydroxylation is 1. The zero-order valence-corrected chi connectivity index (χ0v) is 11.1. The minimum atomic E-state index is -3.02. The Hall–Kier alpha value is -1.07. The molecule has 0 saturated carbocycles. The second-order valence-corrected chi connectivity index (χ2v) is 6.46. The van der Waals surface area contributed by atoms with Crippen LogP contribution in [0, 0.1) is 6.92 Å². The predicted molar refractivity (Wildman–Crippen MR) is 67.0 cm³/mol. The van der Waals surface area contributed by atoms with E-state index in [4.69, 9.17) is 4.74 Å². The minimum absolute atomic E-state index is 0.0277. The molecule has 0 aliphatic carbocycles. The molecule has 0 amide bonds. The van der Waals surface area contributed by atoms with E-state index in [-0.39, 0.29) is 12.4 Å². The number of hydrogen-bond acceptors (Lipinski definition) is 4. The number of sulfone groups is 1. The smallest absolute Gasteiger partial charge is 0.150 e. The first-order chi connectivity index (χ1) is 7.79. The maximum Gasteiger partial charge on any atom is 0.150 e. The number of hydrogen-bond donors (Lipinski definition) is 1. The highest BCUT2D eigenvalue weighted by atomic mass is 32.2. The number of ether oxygens (including phenoxy) is 1. The average molecular weight is 258 g/mol. The van der Waals surface area contributed by atoms with Crippen molar-refractivity contribution in [2.24, 2.45) is 0 Å². The first kappa shape index (κ1) is 14.0. The lowest BCUT2D eigenvalue weighted by Gasteiger charge is -2.13. The van der Waals surface area contributed by atoms with E-state index < -0.39 is 15.9 Å². The summed E-state index contributed by atoms with van der Waals surface area (Å²) in [7, 11) is -3.02. The Morgan fingerprint density at radius 3 is 2.59 bits per heavy atom. The molecule has 0 fully saturated rings. The molecule has 0 heterocycles. The second kappa shape index (κ2) is 5.51. The number of aliphatic hydroxyl groups excluding tert-OH is 1.